The van der Waals surface area contributed by atoms with Crippen LogP contribution in [0.25, 0.3) is 10.9 Å². The van der Waals surface area contributed by atoms with Crippen molar-refractivity contribution in [3.63, 3.8) is 0 Å². The fourth-order valence-corrected chi connectivity index (χ4v) is 2.48. The number of aromatic amines is 1. The van der Waals surface area contributed by atoms with Crippen LogP contribution in [0.15, 0.2) is 29.1 Å². The Hall–Kier alpha value is -2.10. The molecular formula is C16H18N2O2. The highest BCUT2D eigenvalue weighted by Crippen LogP contribution is 2.30. The predicted octanol–water partition coefficient (Wildman–Crippen LogP) is 2.83. The van der Waals surface area contributed by atoms with E-state index in [2.05, 4.69) is 17.2 Å². The van der Waals surface area contributed by atoms with Crippen LogP contribution < -0.4 is 10.9 Å². The number of amides is 1. The Balaban J connectivity index is 1.97. The molecule has 0 aliphatic heterocycles. The van der Waals surface area contributed by atoms with E-state index in [4.69, 9.17) is 0 Å². The Morgan fingerprint density at radius 3 is 2.85 bits per heavy atom. The van der Waals surface area contributed by atoms with E-state index in [1.807, 2.05) is 18.2 Å². The SMILES string of the molecule is CCCc1cc(=O)[nH]c2cc(NC(=O)C3CC3)ccc12. The summed E-state index contributed by atoms with van der Waals surface area (Å²) in [5, 5.41) is 3.96. The highest BCUT2D eigenvalue weighted by molar-refractivity contribution is 5.96. The van der Waals surface area contributed by atoms with Gasteiger partial charge >= 0.3 is 0 Å². The Bertz CT molecular complexity index is 714. The molecule has 0 spiro atoms. The Kier molecular flexibility index (Phi) is 3.30. The number of nitrogens with one attached hydrogen (secondary N) is 2. The van der Waals surface area contributed by atoms with Crippen LogP contribution >= 0.6 is 0 Å². The summed E-state index contributed by atoms with van der Waals surface area (Å²) in [6.07, 6.45) is 3.85. The summed E-state index contributed by atoms with van der Waals surface area (Å²) in [5.74, 6) is 0.257. The Labute approximate surface area is 117 Å². The van der Waals surface area contributed by atoms with Gasteiger partial charge in [0.05, 0.1) is 5.52 Å². The third-order valence-corrected chi connectivity index (χ3v) is 3.66. The normalized spacial score (nSPS) is 14.4. The van der Waals surface area contributed by atoms with Gasteiger partial charge in [-0.25, -0.2) is 0 Å². The molecule has 1 aliphatic carbocycles. The first-order valence-electron chi connectivity index (χ1n) is 7.14. The molecule has 4 heteroatoms. The molecule has 20 heavy (non-hydrogen) atoms. The van der Waals surface area contributed by atoms with Gasteiger partial charge in [0, 0.05) is 23.1 Å². The largest absolute Gasteiger partial charge is 0.326 e. The average Bonchev–Trinajstić information content (AvgIpc) is 3.22. The monoisotopic (exact) mass is 270 g/mol. The summed E-state index contributed by atoms with van der Waals surface area (Å²) in [4.78, 5) is 26.3. The molecule has 1 aromatic heterocycles. The van der Waals surface area contributed by atoms with Crippen LogP contribution in [0.1, 0.15) is 31.7 Å². The second kappa shape index (κ2) is 5.12. The van der Waals surface area contributed by atoms with E-state index in [9.17, 15) is 9.59 Å². The molecule has 0 bridgehead atoms. The van der Waals surface area contributed by atoms with Gasteiger partial charge in [-0.1, -0.05) is 19.4 Å². The number of anilines is 1. The summed E-state index contributed by atoms with van der Waals surface area (Å²) >= 11 is 0. The number of fused-ring (bicyclic) bond motifs is 1. The number of hydrogen-bond acceptors (Lipinski definition) is 2. The van der Waals surface area contributed by atoms with E-state index >= 15 is 0 Å². The second-order valence-corrected chi connectivity index (χ2v) is 5.43. The zero-order chi connectivity index (χ0) is 14.1. The minimum absolute atomic E-state index is 0.0800. The molecule has 1 fully saturated rings. The predicted molar refractivity (Wildman–Crippen MR) is 79.9 cm³/mol. The summed E-state index contributed by atoms with van der Waals surface area (Å²) in [6, 6.07) is 7.38. The summed E-state index contributed by atoms with van der Waals surface area (Å²) in [7, 11) is 0. The van der Waals surface area contributed by atoms with Crippen LogP contribution in [0, 0.1) is 5.92 Å². The standard InChI is InChI=1S/C16H18N2O2/c1-2-3-11-8-15(19)18-14-9-12(6-7-13(11)14)17-16(20)10-4-5-10/h6-10H,2-5H2,1H3,(H,17,20)(H,18,19). The lowest BCUT2D eigenvalue weighted by atomic mass is 10.0. The van der Waals surface area contributed by atoms with E-state index in [-0.39, 0.29) is 17.4 Å². The number of benzene rings is 1. The van der Waals surface area contributed by atoms with Gasteiger partial charge in [-0.3, -0.25) is 9.59 Å². The molecule has 0 atom stereocenters. The lowest BCUT2D eigenvalue weighted by molar-refractivity contribution is -0.117. The summed E-state index contributed by atoms with van der Waals surface area (Å²) in [6.45, 7) is 2.09. The number of H-pyrrole nitrogens is 1. The second-order valence-electron chi connectivity index (χ2n) is 5.43. The molecule has 1 amide bonds. The molecule has 4 nitrogen and oxygen atoms in total. The fourth-order valence-electron chi connectivity index (χ4n) is 2.48. The quantitative estimate of drug-likeness (QED) is 0.897. The highest BCUT2D eigenvalue weighted by Gasteiger charge is 2.29. The first-order valence-corrected chi connectivity index (χ1v) is 7.14. The number of aryl methyl sites for hydroxylation is 1. The molecule has 3 rings (SSSR count). The Morgan fingerprint density at radius 1 is 1.35 bits per heavy atom. The van der Waals surface area contributed by atoms with Gasteiger partial charge in [0.15, 0.2) is 0 Å². The van der Waals surface area contributed by atoms with Crippen molar-refractivity contribution in [3.05, 3.63) is 40.2 Å². The van der Waals surface area contributed by atoms with Gasteiger partial charge in [0.1, 0.15) is 0 Å². The molecule has 2 aromatic rings. The lowest BCUT2D eigenvalue weighted by Crippen LogP contribution is -2.13. The van der Waals surface area contributed by atoms with Crippen molar-refractivity contribution in [2.24, 2.45) is 5.92 Å². The van der Waals surface area contributed by atoms with Gasteiger partial charge in [-0.2, -0.15) is 0 Å². The molecule has 0 saturated heterocycles. The summed E-state index contributed by atoms with van der Waals surface area (Å²) < 4.78 is 0. The van der Waals surface area contributed by atoms with Gasteiger partial charge in [0.25, 0.3) is 0 Å². The highest BCUT2D eigenvalue weighted by atomic mass is 16.2. The first kappa shape index (κ1) is 12.9. The zero-order valence-electron chi connectivity index (χ0n) is 11.5. The molecule has 2 N–H and O–H groups in total. The zero-order valence-corrected chi connectivity index (χ0v) is 11.5. The van der Waals surface area contributed by atoms with E-state index in [1.165, 1.54) is 0 Å². The number of pyridine rings is 1. The van der Waals surface area contributed by atoms with E-state index in [1.54, 1.807) is 6.07 Å². The van der Waals surface area contributed by atoms with Crippen LogP contribution in [-0.4, -0.2) is 10.9 Å². The number of aromatic nitrogens is 1. The van der Waals surface area contributed by atoms with Crippen molar-refractivity contribution in [1.29, 1.82) is 0 Å². The molecule has 1 aliphatic rings. The molecule has 0 radical (unpaired) electrons. The third kappa shape index (κ3) is 2.59. The van der Waals surface area contributed by atoms with E-state index in [0.717, 1.165) is 47.8 Å². The van der Waals surface area contributed by atoms with Crippen LogP contribution in [-0.2, 0) is 11.2 Å². The molecule has 104 valence electrons. The summed E-state index contributed by atoms with van der Waals surface area (Å²) in [5.41, 5.74) is 2.51. The average molecular weight is 270 g/mol. The van der Waals surface area contributed by atoms with Crippen molar-refractivity contribution in [3.8, 4) is 0 Å². The lowest BCUT2D eigenvalue weighted by Gasteiger charge is -2.08. The van der Waals surface area contributed by atoms with E-state index < -0.39 is 0 Å². The number of carbonyl (C=O) groups excluding carboxylic acids is 1. The van der Waals surface area contributed by atoms with Gasteiger partial charge < -0.3 is 10.3 Å². The third-order valence-electron chi connectivity index (χ3n) is 3.66. The minimum Gasteiger partial charge on any atom is -0.326 e. The van der Waals surface area contributed by atoms with Crippen LogP contribution in [0.4, 0.5) is 5.69 Å². The van der Waals surface area contributed by atoms with Crippen molar-refractivity contribution in [2.45, 2.75) is 32.6 Å². The Morgan fingerprint density at radius 2 is 2.15 bits per heavy atom. The minimum atomic E-state index is -0.0911. The van der Waals surface area contributed by atoms with Crippen LogP contribution in [0.5, 0.6) is 0 Å². The first-order chi connectivity index (χ1) is 9.67. The number of rotatable bonds is 4. The smallest absolute Gasteiger partial charge is 0.248 e. The van der Waals surface area contributed by atoms with Gasteiger partial charge in [-0.15, -0.1) is 0 Å². The van der Waals surface area contributed by atoms with E-state index in [0.29, 0.717) is 0 Å². The maximum Gasteiger partial charge on any atom is 0.248 e. The van der Waals surface area contributed by atoms with Crippen LogP contribution in [0.3, 0.4) is 0 Å². The van der Waals surface area contributed by atoms with Gasteiger partial charge in [0.2, 0.25) is 11.5 Å². The van der Waals surface area contributed by atoms with Crippen molar-refractivity contribution >= 4 is 22.5 Å². The van der Waals surface area contributed by atoms with Gasteiger partial charge in [-0.05, 0) is 37.0 Å². The molecule has 1 aromatic carbocycles. The van der Waals surface area contributed by atoms with Crippen molar-refractivity contribution in [2.75, 3.05) is 5.32 Å². The van der Waals surface area contributed by atoms with Crippen molar-refractivity contribution < 1.29 is 4.79 Å². The molecule has 1 heterocycles. The maximum absolute atomic E-state index is 11.8. The molecule has 1 saturated carbocycles. The molecule has 0 unspecified atom stereocenters. The van der Waals surface area contributed by atoms with Crippen molar-refractivity contribution in [1.82, 2.24) is 4.98 Å². The maximum atomic E-state index is 11.8. The number of carbonyl (C=O) groups is 1. The fraction of sp³-hybridized carbons (Fsp3) is 0.375. The molecular weight excluding hydrogens is 252 g/mol. The number of hydrogen-bond donors (Lipinski definition) is 2. The topological polar surface area (TPSA) is 62.0 Å². The van der Waals surface area contributed by atoms with Crippen LogP contribution in [0.2, 0.25) is 0 Å².